The summed E-state index contributed by atoms with van der Waals surface area (Å²) in [6.07, 6.45) is 0.697. The van der Waals surface area contributed by atoms with Gasteiger partial charge < -0.3 is 10.3 Å². The van der Waals surface area contributed by atoms with Gasteiger partial charge in [-0.15, -0.1) is 11.3 Å². The third kappa shape index (κ3) is 2.98. The first-order chi connectivity index (χ1) is 11.2. The second-order valence-electron chi connectivity index (χ2n) is 5.53. The molecule has 1 aromatic carbocycles. The highest BCUT2D eigenvalue weighted by Gasteiger charge is 2.27. The lowest BCUT2D eigenvalue weighted by Crippen LogP contribution is -2.44. The van der Waals surface area contributed by atoms with Gasteiger partial charge in [0, 0.05) is 27.2 Å². The van der Waals surface area contributed by atoms with E-state index in [0.717, 1.165) is 17.3 Å². The molecule has 0 spiro atoms. The topological polar surface area (TPSA) is 69.0 Å². The monoisotopic (exact) mass is 346 g/mol. The molecule has 0 saturated carbocycles. The number of fused-ring (bicyclic) bond motifs is 1. The van der Waals surface area contributed by atoms with Gasteiger partial charge in [-0.25, -0.2) is 10.9 Å². The average Bonchev–Trinajstić information content (AvgIpc) is 3.26. The summed E-state index contributed by atoms with van der Waals surface area (Å²) in [6.45, 7) is 0. The van der Waals surface area contributed by atoms with E-state index in [4.69, 9.17) is 11.6 Å². The fourth-order valence-electron chi connectivity index (χ4n) is 2.78. The number of aromatic amines is 1. The first kappa shape index (κ1) is 14.7. The van der Waals surface area contributed by atoms with E-state index in [1.165, 1.54) is 4.88 Å². The number of carbonyl (C=O) groups is 1. The Bertz CT molecular complexity index is 845. The number of benzene rings is 1. The van der Waals surface area contributed by atoms with E-state index < -0.39 is 0 Å². The molecule has 1 saturated heterocycles. The van der Waals surface area contributed by atoms with Crippen LogP contribution < -0.4 is 16.2 Å². The average molecular weight is 347 g/mol. The number of hydrogen-bond donors (Lipinski definition) is 4. The number of hydrazine groups is 1. The molecule has 3 heterocycles. The molecular formula is C16H15ClN4OS. The van der Waals surface area contributed by atoms with E-state index in [0.29, 0.717) is 10.7 Å². The largest absolute Gasteiger partial charge is 0.350 e. The molecular weight excluding hydrogens is 332 g/mol. The Morgan fingerprint density at radius 2 is 2.17 bits per heavy atom. The van der Waals surface area contributed by atoms with Crippen LogP contribution in [0.5, 0.6) is 0 Å². The van der Waals surface area contributed by atoms with Crippen molar-refractivity contribution in [3.05, 3.63) is 57.4 Å². The normalized spacial score (nSPS) is 20.9. The van der Waals surface area contributed by atoms with Gasteiger partial charge in [0.1, 0.15) is 5.69 Å². The molecule has 4 N–H and O–H groups in total. The number of H-pyrrole nitrogens is 1. The molecule has 2 aromatic heterocycles. The molecule has 1 fully saturated rings. The summed E-state index contributed by atoms with van der Waals surface area (Å²) in [4.78, 5) is 16.8. The molecule has 1 aliphatic heterocycles. The fraction of sp³-hybridized carbons (Fsp3) is 0.188. The van der Waals surface area contributed by atoms with E-state index >= 15 is 0 Å². The van der Waals surface area contributed by atoms with Crippen molar-refractivity contribution in [2.24, 2.45) is 0 Å². The van der Waals surface area contributed by atoms with Crippen molar-refractivity contribution in [2.75, 3.05) is 0 Å². The lowest BCUT2D eigenvalue weighted by Gasteiger charge is -2.10. The van der Waals surface area contributed by atoms with Crippen molar-refractivity contribution in [3.8, 4) is 0 Å². The number of aromatic nitrogens is 1. The Balaban J connectivity index is 1.45. The number of hydrogen-bond acceptors (Lipinski definition) is 4. The molecule has 1 aliphatic rings. The number of amides is 1. The Hall–Kier alpha value is -1.86. The highest BCUT2D eigenvalue weighted by Crippen LogP contribution is 2.25. The van der Waals surface area contributed by atoms with Crippen LogP contribution in [0, 0.1) is 0 Å². The smallest absolute Gasteiger partial charge is 0.268 e. The summed E-state index contributed by atoms with van der Waals surface area (Å²) in [5, 5.41) is 6.66. The molecule has 3 aromatic rings. The van der Waals surface area contributed by atoms with Gasteiger partial charge in [0.25, 0.3) is 5.91 Å². The highest BCUT2D eigenvalue weighted by molar-refractivity contribution is 7.10. The van der Waals surface area contributed by atoms with Crippen LogP contribution in [0.2, 0.25) is 5.02 Å². The number of carbonyl (C=O) groups excluding carboxylic acids is 1. The standard InChI is InChI=1S/C16H15ClN4OS/c17-10-4-3-9-6-13(18-11(9)7-10)16(22)19-15-8-12(20-21-15)14-2-1-5-23-14/h1-7,12,15,18,20-21H,8H2,(H,19,22). The zero-order chi connectivity index (χ0) is 15.8. The SMILES string of the molecule is O=C(NC1CC(c2cccs2)NN1)c1cc2ccc(Cl)cc2[nH]1. The first-order valence-electron chi connectivity index (χ1n) is 7.32. The number of thiophene rings is 1. The second-order valence-corrected chi connectivity index (χ2v) is 6.95. The van der Waals surface area contributed by atoms with E-state index in [1.54, 1.807) is 11.3 Å². The van der Waals surface area contributed by atoms with Gasteiger partial charge in [-0.3, -0.25) is 4.79 Å². The van der Waals surface area contributed by atoms with Crippen molar-refractivity contribution in [3.63, 3.8) is 0 Å². The summed E-state index contributed by atoms with van der Waals surface area (Å²) in [6, 6.07) is 11.7. The second kappa shape index (κ2) is 5.98. The van der Waals surface area contributed by atoms with Crippen LogP contribution in [0.4, 0.5) is 0 Å². The first-order valence-corrected chi connectivity index (χ1v) is 8.58. The summed E-state index contributed by atoms with van der Waals surface area (Å²) in [5.74, 6) is -0.136. The van der Waals surface area contributed by atoms with Gasteiger partial charge >= 0.3 is 0 Å². The van der Waals surface area contributed by atoms with Gasteiger partial charge in [-0.1, -0.05) is 23.7 Å². The van der Waals surface area contributed by atoms with Gasteiger partial charge in [-0.2, -0.15) is 0 Å². The molecule has 2 unspecified atom stereocenters. The Morgan fingerprint density at radius 3 is 3.00 bits per heavy atom. The van der Waals surface area contributed by atoms with Gasteiger partial charge in [0.05, 0.1) is 12.2 Å². The van der Waals surface area contributed by atoms with Gasteiger partial charge in [0.15, 0.2) is 0 Å². The lowest BCUT2D eigenvalue weighted by molar-refractivity contribution is 0.0928. The third-order valence-corrected chi connectivity index (χ3v) is 5.15. The van der Waals surface area contributed by atoms with Crippen LogP contribution in [0.25, 0.3) is 10.9 Å². The predicted molar refractivity (Wildman–Crippen MR) is 92.5 cm³/mol. The van der Waals surface area contributed by atoms with E-state index in [1.807, 2.05) is 30.3 Å². The molecule has 5 nitrogen and oxygen atoms in total. The van der Waals surface area contributed by atoms with E-state index in [2.05, 4.69) is 32.6 Å². The Kier molecular flexibility index (Phi) is 3.82. The van der Waals surface area contributed by atoms with Gasteiger partial charge in [-0.05, 0) is 29.6 Å². The fourth-order valence-corrected chi connectivity index (χ4v) is 3.75. The van der Waals surface area contributed by atoms with Crippen molar-refractivity contribution in [2.45, 2.75) is 18.6 Å². The minimum atomic E-state index is -0.136. The van der Waals surface area contributed by atoms with Crippen LogP contribution in [-0.2, 0) is 0 Å². The lowest BCUT2D eigenvalue weighted by atomic mass is 10.2. The van der Waals surface area contributed by atoms with E-state index in [9.17, 15) is 4.79 Å². The third-order valence-electron chi connectivity index (χ3n) is 3.92. The number of nitrogens with one attached hydrogen (secondary N) is 4. The number of halogens is 1. The predicted octanol–water partition coefficient (Wildman–Crippen LogP) is 3.18. The molecule has 0 bridgehead atoms. The molecule has 23 heavy (non-hydrogen) atoms. The summed E-state index contributed by atoms with van der Waals surface area (Å²) in [7, 11) is 0. The van der Waals surface area contributed by atoms with Gasteiger partial charge in [0.2, 0.25) is 0 Å². The molecule has 2 atom stereocenters. The molecule has 0 aliphatic carbocycles. The maximum atomic E-state index is 12.4. The number of rotatable bonds is 3. The summed E-state index contributed by atoms with van der Waals surface area (Å²) >= 11 is 7.68. The maximum Gasteiger partial charge on any atom is 0.268 e. The minimum Gasteiger partial charge on any atom is -0.350 e. The van der Waals surface area contributed by atoms with Crippen LogP contribution in [0.3, 0.4) is 0 Å². The maximum absolute atomic E-state index is 12.4. The Labute approximate surface area is 142 Å². The van der Waals surface area contributed by atoms with Crippen molar-refractivity contribution >= 4 is 39.7 Å². The van der Waals surface area contributed by atoms with E-state index in [-0.39, 0.29) is 18.1 Å². The van der Waals surface area contributed by atoms with Crippen LogP contribution in [-0.4, -0.2) is 17.1 Å². The minimum absolute atomic E-state index is 0.107. The highest BCUT2D eigenvalue weighted by atomic mass is 35.5. The Morgan fingerprint density at radius 1 is 1.26 bits per heavy atom. The summed E-state index contributed by atoms with van der Waals surface area (Å²) < 4.78 is 0. The molecule has 0 radical (unpaired) electrons. The van der Waals surface area contributed by atoms with Crippen molar-refractivity contribution in [1.82, 2.24) is 21.2 Å². The van der Waals surface area contributed by atoms with Crippen LogP contribution in [0.1, 0.15) is 27.8 Å². The molecule has 118 valence electrons. The zero-order valence-electron chi connectivity index (χ0n) is 12.1. The molecule has 7 heteroatoms. The van der Waals surface area contributed by atoms with Crippen molar-refractivity contribution in [1.29, 1.82) is 0 Å². The van der Waals surface area contributed by atoms with Crippen LogP contribution >= 0.6 is 22.9 Å². The summed E-state index contributed by atoms with van der Waals surface area (Å²) in [5.41, 5.74) is 7.74. The van der Waals surface area contributed by atoms with Crippen molar-refractivity contribution < 1.29 is 4.79 Å². The molecule has 1 amide bonds. The molecule has 4 rings (SSSR count). The quantitative estimate of drug-likeness (QED) is 0.589. The zero-order valence-corrected chi connectivity index (χ0v) is 13.7. The van der Waals surface area contributed by atoms with Crippen LogP contribution in [0.15, 0.2) is 41.8 Å².